The first kappa shape index (κ1) is 13.7. The summed E-state index contributed by atoms with van der Waals surface area (Å²) in [6, 6.07) is 9.60. The van der Waals surface area contributed by atoms with Crippen molar-refractivity contribution in [2.75, 3.05) is 6.61 Å². The number of aliphatic hydroxyl groups excluding tert-OH is 1. The largest absolute Gasteiger partial charge is 0.394 e. The summed E-state index contributed by atoms with van der Waals surface area (Å²) in [6.45, 7) is 4.98. The monoisotopic (exact) mass is 232 g/mol. The van der Waals surface area contributed by atoms with Crippen LogP contribution in [-0.4, -0.2) is 17.3 Å². The number of benzene rings is 1. The molecule has 1 atom stereocenters. The van der Waals surface area contributed by atoms with Gasteiger partial charge in [0.1, 0.15) is 0 Å². The molecule has 17 heavy (non-hydrogen) atoms. The van der Waals surface area contributed by atoms with E-state index in [1.807, 2.05) is 31.2 Å². The number of rotatable bonds is 6. The zero-order valence-electron chi connectivity index (χ0n) is 10.5. The van der Waals surface area contributed by atoms with Gasteiger partial charge in [0.2, 0.25) is 0 Å². The number of hydrogen-bond donors (Lipinski definition) is 2. The molecule has 0 heterocycles. The van der Waals surface area contributed by atoms with Gasteiger partial charge in [0.15, 0.2) is 0 Å². The summed E-state index contributed by atoms with van der Waals surface area (Å²) in [5.74, 6) is 0. The fraction of sp³-hybridized carbons (Fsp3) is 0.500. The minimum absolute atomic E-state index is 0.136. The Hall–Kier alpha value is -1.37. The Labute approximate surface area is 103 Å². The van der Waals surface area contributed by atoms with Gasteiger partial charge < -0.3 is 10.4 Å². The van der Waals surface area contributed by atoms with E-state index in [0.29, 0.717) is 12.1 Å². The van der Waals surface area contributed by atoms with Crippen molar-refractivity contribution in [1.29, 1.82) is 5.26 Å². The van der Waals surface area contributed by atoms with Crippen molar-refractivity contribution < 1.29 is 5.11 Å². The topological polar surface area (TPSA) is 56.0 Å². The molecule has 0 aliphatic carbocycles. The van der Waals surface area contributed by atoms with Crippen molar-refractivity contribution >= 4 is 0 Å². The molecule has 1 rings (SSSR count). The van der Waals surface area contributed by atoms with Gasteiger partial charge in [-0.3, -0.25) is 0 Å². The van der Waals surface area contributed by atoms with Gasteiger partial charge in [-0.15, -0.1) is 0 Å². The van der Waals surface area contributed by atoms with Gasteiger partial charge >= 0.3 is 0 Å². The summed E-state index contributed by atoms with van der Waals surface area (Å²) < 4.78 is 0. The lowest BCUT2D eigenvalue weighted by Crippen LogP contribution is -2.45. The van der Waals surface area contributed by atoms with Crippen LogP contribution < -0.4 is 5.32 Å². The molecule has 92 valence electrons. The fourth-order valence-corrected chi connectivity index (χ4v) is 1.79. The third kappa shape index (κ3) is 4.18. The summed E-state index contributed by atoms with van der Waals surface area (Å²) >= 11 is 0. The standard InChI is InChI=1S/C14H20N2O/c1-3-8-14(2,11-17)16-10-13-6-4-12(9-15)5-7-13/h4-7,16-17H,3,8,10-11H2,1-2H3. The average Bonchev–Trinajstić information content (AvgIpc) is 2.37. The van der Waals surface area contributed by atoms with E-state index >= 15 is 0 Å². The van der Waals surface area contributed by atoms with Gasteiger partial charge in [0, 0.05) is 12.1 Å². The fourth-order valence-electron chi connectivity index (χ4n) is 1.79. The molecule has 1 aromatic carbocycles. The van der Waals surface area contributed by atoms with Crippen LogP contribution in [0.4, 0.5) is 0 Å². The minimum Gasteiger partial charge on any atom is -0.394 e. The Balaban J connectivity index is 2.57. The molecule has 0 saturated carbocycles. The lowest BCUT2D eigenvalue weighted by Gasteiger charge is -2.28. The molecule has 0 aromatic heterocycles. The number of aliphatic hydroxyl groups is 1. The van der Waals surface area contributed by atoms with Crippen LogP contribution in [0.25, 0.3) is 0 Å². The van der Waals surface area contributed by atoms with Crippen LogP contribution >= 0.6 is 0 Å². The highest BCUT2D eigenvalue weighted by Gasteiger charge is 2.20. The number of nitrogens with zero attached hydrogens (tertiary/aromatic N) is 1. The van der Waals surface area contributed by atoms with Crippen molar-refractivity contribution in [3.63, 3.8) is 0 Å². The van der Waals surface area contributed by atoms with Gasteiger partial charge in [-0.05, 0) is 31.0 Å². The Morgan fingerprint density at radius 3 is 2.47 bits per heavy atom. The van der Waals surface area contributed by atoms with E-state index in [-0.39, 0.29) is 12.1 Å². The molecular formula is C14H20N2O. The highest BCUT2D eigenvalue weighted by Crippen LogP contribution is 2.13. The smallest absolute Gasteiger partial charge is 0.0991 e. The Morgan fingerprint density at radius 2 is 2.00 bits per heavy atom. The molecule has 1 unspecified atom stereocenters. The van der Waals surface area contributed by atoms with Gasteiger partial charge in [0.25, 0.3) is 0 Å². The highest BCUT2D eigenvalue weighted by atomic mass is 16.3. The minimum atomic E-state index is -0.220. The molecule has 0 spiro atoms. The lowest BCUT2D eigenvalue weighted by atomic mass is 9.97. The van der Waals surface area contributed by atoms with Crippen LogP contribution in [0.2, 0.25) is 0 Å². The second kappa shape index (κ2) is 6.39. The van der Waals surface area contributed by atoms with Crippen LogP contribution in [0.15, 0.2) is 24.3 Å². The number of hydrogen-bond acceptors (Lipinski definition) is 3. The van der Waals surface area contributed by atoms with Crippen molar-refractivity contribution in [2.45, 2.75) is 38.8 Å². The van der Waals surface area contributed by atoms with E-state index in [1.165, 1.54) is 0 Å². The van der Waals surface area contributed by atoms with Crippen LogP contribution in [0.1, 0.15) is 37.8 Å². The summed E-state index contributed by atoms with van der Waals surface area (Å²) in [5, 5.41) is 21.4. The molecule has 3 nitrogen and oxygen atoms in total. The maximum absolute atomic E-state index is 9.37. The van der Waals surface area contributed by atoms with Crippen LogP contribution in [-0.2, 0) is 6.54 Å². The van der Waals surface area contributed by atoms with Gasteiger partial charge in [-0.2, -0.15) is 5.26 Å². The van der Waals surface area contributed by atoms with E-state index in [9.17, 15) is 5.11 Å². The molecular weight excluding hydrogens is 212 g/mol. The van der Waals surface area contributed by atoms with E-state index in [4.69, 9.17) is 5.26 Å². The number of nitriles is 1. The van der Waals surface area contributed by atoms with Crippen molar-refractivity contribution in [1.82, 2.24) is 5.32 Å². The summed E-state index contributed by atoms with van der Waals surface area (Å²) in [7, 11) is 0. The Bertz CT molecular complexity index is 380. The van der Waals surface area contributed by atoms with E-state index in [0.717, 1.165) is 18.4 Å². The third-order valence-electron chi connectivity index (χ3n) is 2.95. The number of nitrogens with one attached hydrogen (secondary N) is 1. The van der Waals surface area contributed by atoms with Crippen molar-refractivity contribution in [3.05, 3.63) is 35.4 Å². The third-order valence-corrected chi connectivity index (χ3v) is 2.95. The van der Waals surface area contributed by atoms with E-state index < -0.39 is 0 Å². The highest BCUT2D eigenvalue weighted by molar-refractivity contribution is 5.31. The second-order valence-corrected chi connectivity index (χ2v) is 4.63. The summed E-state index contributed by atoms with van der Waals surface area (Å²) in [4.78, 5) is 0. The Morgan fingerprint density at radius 1 is 1.35 bits per heavy atom. The zero-order chi connectivity index (χ0) is 12.7. The molecule has 0 radical (unpaired) electrons. The molecule has 3 heteroatoms. The molecule has 0 aliphatic heterocycles. The molecule has 0 saturated heterocycles. The van der Waals surface area contributed by atoms with Gasteiger partial charge in [-0.25, -0.2) is 0 Å². The first-order valence-corrected chi connectivity index (χ1v) is 5.98. The van der Waals surface area contributed by atoms with Crippen LogP contribution in [0, 0.1) is 11.3 Å². The predicted molar refractivity (Wildman–Crippen MR) is 68.4 cm³/mol. The lowest BCUT2D eigenvalue weighted by molar-refractivity contribution is 0.163. The van der Waals surface area contributed by atoms with Crippen molar-refractivity contribution in [3.8, 4) is 6.07 Å². The van der Waals surface area contributed by atoms with Crippen LogP contribution in [0.3, 0.4) is 0 Å². The first-order chi connectivity index (χ1) is 8.13. The van der Waals surface area contributed by atoms with Gasteiger partial charge in [0.05, 0.1) is 18.2 Å². The molecule has 0 amide bonds. The normalized spacial score (nSPS) is 14.0. The van der Waals surface area contributed by atoms with Gasteiger partial charge in [-0.1, -0.05) is 25.5 Å². The molecule has 1 aromatic rings. The molecule has 0 bridgehead atoms. The maximum atomic E-state index is 9.37. The molecule has 2 N–H and O–H groups in total. The predicted octanol–water partition coefficient (Wildman–Crippen LogP) is 2.20. The van der Waals surface area contributed by atoms with Crippen LogP contribution in [0.5, 0.6) is 0 Å². The summed E-state index contributed by atoms with van der Waals surface area (Å²) in [5.41, 5.74) is 1.58. The quantitative estimate of drug-likeness (QED) is 0.790. The SMILES string of the molecule is CCCC(C)(CO)NCc1ccc(C#N)cc1. The average molecular weight is 232 g/mol. The maximum Gasteiger partial charge on any atom is 0.0991 e. The Kier molecular flexibility index (Phi) is 5.14. The molecule has 0 aliphatic rings. The van der Waals surface area contributed by atoms with E-state index in [2.05, 4.69) is 18.3 Å². The first-order valence-electron chi connectivity index (χ1n) is 5.98. The summed E-state index contributed by atoms with van der Waals surface area (Å²) in [6.07, 6.45) is 1.98. The van der Waals surface area contributed by atoms with Crippen molar-refractivity contribution in [2.24, 2.45) is 0 Å². The second-order valence-electron chi connectivity index (χ2n) is 4.63. The zero-order valence-corrected chi connectivity index (χ0v) is 10.5. The molecule has 0 fully saturated rings. The van der Waals surface area contributed by atoms with E-state index in [1.54, 1.807) is 0 Å².